The van der Waals surface area contributed by atoms with Crippen molar-refractivity contribution in [3.8, 4) is 0 Å². The molecule has 0 aliphatic carbocycles. The lowest BCUT2D eigenvalue weighted by molar-refractivity contribution is 0.570. The molecule has 0 amide bonds. The Morgan fingerprint density at radius 1 is 1.16 bits per heavy atom. The topological polar surface area (TPSA) is 26.0 Å². The first-order chi connectivity index (χ1) is 8.91. The molecule has 2 rings (SSSR count). The summed E-state index contributed by atoms with van der Waals surface area (Å²) in [4.78, 5) is 0. The number of aryl methyl sites for hydroxylation is 2. The second-order valence-electron chi connectivity index (χ2n) is 4.60. The van der Waals surface area contributed by atoms with Crippen LogP contribution in [0, 0.1) is 25.5 Å². The highest BCUT2D eigenvalue weighted by atomic mass is 79.9. The van der Waals surface area contributed by atoms with Crippen molar-refractivity contribution in [2.75, 3.05) is 0 Å². The second kappa shape index (κ2) is 5.39. The van der Waals surface area contributed by atoms with Gasteiger partial charge in [-0.15, -0.1) is 0 Å². The molecule has 1 atom stereocenters. The summed E-state index contributed by atoms with van der Waals surface area (Å²) >= 11 is 3.11. The summed E-state index contributed by atoms with van der Waals surface area (Å²) in [7, 11) is 0. The average molecular weight is 326 g/mol. The molecule has 19 heavy (non-hydrogen) atoms. The van der Waals surface area contributed by atoms with Crippen LogP contribution >= 0.6 is 15.9 Å². The highest BCUT2D eigenvalue weighted by Crippen LogP contribution is 2.30. The van der Waals surface area contributed by atoms with Crippen molar-refractivity contribution in [2.45, 2.75) is 19.9 Å². The van der Waals surface area contributed by atoms with Gasteiger partial charge in [0.15, 0.2) is 0 Å². The van der Waals surface area contributed by atoms with Crippen LogP contribution in [0.4, 0.5) is 8.78 Å². The van der Waals surface area contributed by atoms with Crippen LogP contribution < -0.4 is 5.73 Å². The van der Waals surface area contributed by atoms with E-state index in [1.165, 1.54) is 6.07 Å². The lowest BCUT2D eigenvalue weighted by Crippen LogP contribution is -2.17. The molecular weight excluding hydrogens is 312 g/mol. The molecule has 2 aromatic carbocycles. The molecule has 0 aliphatic rings. The van der Waals surface area contributed by atoms with E-state index < -0.39 is 17.7 Å². The third-order valence-corrected chi connectivity index (χ3v) is 3.72. The van der Waals surface area contributed by atoms with E-state index in [0.717, 1.165) is 11.1 Å². The predicted molar refractivity (Wildman–Crippen MR) is 76.0 cm³/mol. The number of rotatable bonds is 2. The smallest absolute Gasteiger partial charge is 0.142 e. The largest absolute Gasteiger partial charge is 0.320 e. The molecule has 0 bridgehead atoms. The summed E-state index contributed by atoms with van der Waals surface area (Å²) in [5.74, 6) is -0.848. The highest BCUT2D eigenvalue weighted by molar-refractivity contribution is 9.10. The van der Waals surface area contributed by atoms with E-state index in [4.69, 9.17) is 5.73 Å². The van der Waals surface area contributed by atoms with Gasteiger partial charge in [0.25, 0.3) is 0 Å². The Balaban J connectivity index is 2.56. The van der Waals surface area contributed by atoms with Crippen LogP contribution in [-0.2, 0) is 0 Å². The first kappa shape index (κ1) is 14.2. The van der Waals surface area contributed by atoms with Crippen LogP contribution in [0.15, 0.2) is 34.8 Å². The number of nitrogens with two attached hydrogens (primary N) is 1. The summed E-state index contributed by atoms with van der Waals surface area (Å²) in [6.07, 6.45) is 0. The van der Waals surface area contributed by atoms with Gasteiger partial charge in [0.1, 0.15) is 11.6 Å². The Labute approximate surface area is 119 Å². The van der Waals surface area contributed by atoms with E-state index in [2.05, 4.69) is 15.9 Å². The molecule has 0 fully saturated rings. The van der Waals surface area contributed by atoms with Gasteiger partial charge >= 0.3 is 0 Å². The maximum absolute atomic E-state index is 14.1. The predicted octanol–water partition coefficient (Wildman–Crippen LogP) is 4.39. The maximum atomic E-state index is 14.1. The molecule has 1 nitrogen and oxygen atoms in total. The van der Waals surface area contributed by atoms with Gasteiger partial charge in [-0.2, -0.15) is 0 Å². The quantitative estimate of drug-likeness (QED) is 0.870. The molecule has 2 aromatic rings. The fourth-order valence-corrected chi connectivity index (χ4v) is 2.62. The summed E-state index contributed by atoms with van der Waals surface area (Å²) in [6, 6.07) is 7.28. The average Bonchev–Trinajstić information content (AvgIpc) is 2.31. The van der Waals surface area contributed by atoms with E-state index in [9.17, 15) is 8.78 Å². The SMILES string of the molecule is Cc1cc(C)c(C(N)c2cccc(Br)c2F)c(F)c1. The van der Waals surface area contributed by atoms with Crippen LogP contribution in [0.25, 0.3) is 0 Å². The van der Waals surface area contributed by atoms with Crippen LogP contribution in [0.3, 0.4) is 0 Å². The van der Waals surface area contributed by atoms with Crippen LogP contribution in [-0.4, -0.2) is 0 Å². The van der Waals surface area contributed by atoms with Gasteiger partial charge in [0.05, 0.1) is 10.5 Å². The van der Waals surface area contributed by atoms with Crippen molar-refractivity contribution in [2.24, 2.45) is 5.73 Å². The Kier molecular flexibility index (Phi) is 4.02. The fraction of sp³-hybridized carbons (Fsp3) is 0.200. The third-order valence-electron chi connectivity index (χ3n) is 3.11. The minimum absolute atomic E-state index is 0.278. The van der Waals surface area contributed by atoms with E-state index in [-0.39, 0.29) is 5.56 Å². The third kappa shape index (κ3) is 2.69. The Hall–Kier alpha value is -1.26. The molecule has 0 spiro atoms. The molecule has 1 unspecified atom stereocenters. The van der Waals surface area contributed by atoms with Crippen molar-refractivity contribution in [3.63, 3.8) is 0 Å². The standard InChI is InChI=1S/C15H14BrF2N/c1-8-6-9(2)13(12(17)7-8)15(19)10-4-3-5-11(16)14(10)18/h3-7,15H,19H2,1-2H3. The molecule has 0 radical (unpaired) electrons. The molecule has 0 saturated heterocycles. The molecule has 0 aromatic heterocycles. The van der Waals surface area contributed by atoms with E-state index in [0.29, 0.717) is 10.0 Å². The summed E-state index contributed by atoms with van der Waals surface area (Å²) in [6.45, 7) is 3.59. The van der Waals surface area contributed by atoms with Crippen LogP contribution in [0.5, 0.6) is 0 Å². The van der Waals surface area contributed by atoms with Crippen molar-refractivity contribution in [1.29, 1.82) is 0 Å². The van der Waals surface area contributed by atoms with Gasteiger partial charge in [0.2, 0.25) is 0 Å². The first-order valence-electron chi connectivity index (χ1n) is 5.88. The zero-order valence-electron chi connectivity index (χ0n) is 10.7. The van der Waals surface area contributed by atoms with E-state index in [1.54, 1.807) is 25.1 Å². The highest BCUT2D eigenvalue weighted by Gasteiger charge is 2.20. The number of hydrogen-bond donors (Lipinski definition) is 1. The van der Waals surface area contributed by atoms with Gasteiger partial charge in [0, 0.05) is 11.1 Å². The lowest BCUT2D eigenvalue weighted by Gasteiger charge is -2.18. The van der Waals surface area contributed by atoms with Crippen LogP contribution in [0.1, 0.15) is 28.3 Å². The zero-order chi connectivity index (χ0) is 14.2. The minimum atomic E-state index is -0.821. The van der Waals surface area contributed by atoms with Gasteiger partial charge in [-0.3, -0.25) is 0 Å². The molecule has 2 N–H and O–H groups in total. The van der Waals surface area contributed by atoms with Gasteiger partial charge in [-0.25, -0.2) is 8.78 Å². The molecular formula is C15H14BrF2N. The van der Waals surface area contributed by atoms with Crippen molar-refractivity contribution >= 4 is 15.9 Å². The Morgan fingerprint density at radius 2 is 1.84 bits per heavy atom. The monoisotopic (exact) mass is 325 g/mol. The summed E-state index contributed by atoms with van der Waals surface area (Å²) < 4.78 is 28.4. The van der Waals surface area contributed by atoms with Crippen molar-refractivity contribution in [1.82, 2.24) is 0 Å². The maximum Gasteiger partial charge on any atom is 0.142 e. The van der Waals surface area contributed by atoms with Crippen molar-refractivity contribution in [3.05, 3.63) is 68.7 Å². The van der Waals surface area contributed by atoms with E-state index >= 15 is 0 Å². The van der Waals surface area contributed by atoms with Crippen molar-refractivity contribution < 1.29 is 8.78 Å². The molecule has 4 heteroatoms. The van der Waals surface area contributed by atoms with Gasteiger partial charge in [-0.05, 0) is 53.0 Å². The Morgan fingerprint density at radius 3 is 2.47 bits per heavy atom. The number of hydrogen-bond acceptors (Lipinski definition) is 1. The number of halogens is 3. The molecule has 0 heterocycles. The van der Waals surface area contributed by atoms with E-state index in [1.807, 2.05) is 13.0 Å². The number of benzene rings is 2. The second-order valence-corrected chi connectivity index (χ2v) is 5.45. The fourth-order valence-electron chi connectivity index (χ4n) is 2.24. The lowest BCUT2D eigenvalue weighted by atomic mass is 9.93. The zero-order valence-corrected chi connectivity index (χ0v) is 12.3. The Bertz CT molecular complexity index is 603. The molecule has 0 aliphatic heterocycles. The summed E-state index contributed by atoms with van der Waals surface area (Å²) in [5.41, 5.74) is 8.20. The molecule has 0 saturated carbocycles. The normalized spacial score (nSPS) is 12.5. The van der Waals surface area contributed by atoms with Crippen LogP contribution in [0.2, 0.25) is 0 Å². The summed E-state index contributed by atoms with van der Waals surface area (Å²) in [5, 5.41) is 0. The first-order valence-corrected chi connectivity index (χ1v) is 6.67. The van der Waals surface area contributed by atoms with Gasteiger partial charge in [-0.1, -0.05) is 18.2 Å². The molecule has 100 valence electrons. The minimum Gasteiger partial charge on any atom is -0.320 e. The van der Waals surface area contributed by atoms with Gasteiger partial charge < -0.3 is 5.73 Å².